The van der Waals surface area contributed by atoms with Gasteiger partial charge in [0.25, 0.3) is 0 Å². The third-order valence-corrected chi connectivity index (χ3v) is 5.22. The van der Waals surface area contributed by atoms with E-state index in [1.54, 1.807) is 18.2 Å². The van der Waals surface area contributed by atoms with Gasteiger partial charge in [-0.25, -0.2) is 4.39 Å². The van der Waals surface area contributed by atoms with Crippen LogP contribution >= 0.6 is 0 Å². The lowest BCUT2D eigenvalue weighted by Crippen LogP contribution is -2.54. The molecule has 5 heteroatoms. The van der Waals surface area contributed by atoms with E-state index in [4.69, 9.17) is 0 Å². The molecule has 1 aromatic rings. The van der Waals surface area contributed by atoms with Crippen LogP contribution in [0.25, 0.3) is 0 Å². The van der Waals surface area contributed by atoms with E-state index in [0.29, 0.717) is 4.90 Å². The second-order valence-corrected chi connectivity index (χ2v) is 5.94. The number of hydrogen-bond acceptors (Lipinski definition) is 3. The summed E-state index contributed by atoms with van der Waals surface area (Å²) in [5.74, 6) is -0.372. The van der Waals surface area contributed by atoms with E-state index < -0.39 is 11.4 Å². The fourth-order valence-corrected chi connectivity index (χ4v) is 4.27. The van der Waals surface area contributed by atoms with Crippen molar-refractivity contribution in [3.8, 4) is 0 Å². The summed E-state index contributed by atoms with van der Waals surface area (Å²) < 4.78 is 28.1. The fourth-order valence-electron chi connectivity index (χ4n) is 2.71. The molecule has 0 aliphatic carbocycles. The molecule has 1 N–H and O–H groups in total. The number of nitrogens with zero attached hydrogens (tertiary/aromatic N) is 1. The van der Waals surface area contributed by atoms with Crippen LogP contribution in [-0.4, -0.2) is 34.0 Å². The van der Waals surface area contributed by atoms with E-state index >= 15 is 0 Å². The zero-order valence-electron chi connectivity index (χ0n) is 9.43. The lowest BCUT2D eigenvalue weighted by Gasteiger charge is -2.34. The van der Waals surface area contributed by atoms with Crippen molar-refractivity contribution in [2.75, 3.05) is 13.1 Å². The molecule has 17 heavy (non-hydrogen) atoms. The molecule has 3 atom stereocenters. The predicted octanol–water partition coefficient (Wildman–Crippen LogP) is 1.28. The summed E-state index contributed by atoms with van der Waals surface area (Å²) in [5, 5.41) is 3.33. The Morgan fingerprint density at radius 1 is 1.24 bits per heavy atom. The Bertz CT molecular complexity index is 401. The summed E-state index contributed by atoms with van der Waals surface area (Å²) in [4.78, 5) is 0.311. The third kappa shape index (κ3) is 1.97. The lowest BCUT2D eigenvalue weighted by molar-refractivity contribution is 0.262. The van der Waals surface area contributed by atoms with E-state index in [0.717, 1.165) is 25.9 Å². The van der Waals surface area contributed by atoms with Gasteiger partial charge in [-0.15, -0.1) is 4.31 Å². The molecule has 1 aromatic carbocycles. The van der Waals surface area contributed by atoms with Crippen LogP contribution in [0.4, 0.5) is 4.39 Å². The van der Waals surface area contributed by atoms with Gasteiger partial charge in [-0.05, 0) is 25.0 Å². The molecule has 2 aliphatic heterocycles. The van der Waals surface area contributed by atoms with E-state index in [2.05, 4.69) is 5.32 Å². The summed E-state index contributed by atoms with van der Waals surface area (Å²) >= 11 is -1.36. The van der Waals surface area contributed by atoms with Crippen molar-refractivity contribution in [1.82, 2.24) is 9.62 Å². The number of piperazine rings is 1. The van der Waals surface area contributed by atoms with Crippen LogP contribution in [0.3, 0.4) is 0 Å². The average molecular weight is 254 g/mol. The van der Waals surface area contributed by atoms with Crippen molar-refractivity contribution in [3.63, 3.8) is 0 Å². The Morgan fingerprint density at radius 3 is 2.53 bits per heavy atom. The van der Waals surface area contributed by atoms with Gasteiger partial charge in [0.2, 0.25) is 4.90 Å². The van der Waals surface area contributed by atoms with Crippen molar-refractivity contribution in [1.29, 1.82) is 0 Å². The van der Waals surface area contributed by atoms with Gasteiger partial charge in [0.05, 0.1) is 23.4 Å². The topological polar surface area (TPSA) is 38.3 Å². The first kappa shape index (κ1) is 11.5. The third-order valence-electron chi connectivity index (χ3n) is 3.53. The Hall–Kier alpha value is -0.620. The first-order chi connectivity index (χ1) is 8.27. The molecule has 0 saturated carbocycles. The van der Waals surface area contributed by atoms with E-state index in [1.807, 2.05) is 4.31 Å². The van der Waals surface area contributed by atoms with Crippen molar-refractivity contribution >= 4 is 11.4 Å². The summed E-state index contributed by atoms with van der Waals surface area (Å²) in [5.41, 5.74) is 0. The van der Waals surface area contributed by atoms with Crippen molar-refractivity contribution in [2.45, 2.75) is 29.8 Å². The quantitative estimate of drug-likeness (QED) is 0.808. The van der Waals surface area contributed by atoms with E-state index in [9.17, 15) is 8.94 Å². The standard InChI is InChI=1S/C12H15FN2OS/c13-11-3-1-2-4-12(11)17(16)15-9-5-6-10(15)8-14-7-9/h1-4,9-10,14H,5-8H2. The highest BCUT2D eigenvalue weighted by atomic mass is 32.2. The number of fused-ring (bicyclic) bond motifs is 2. The van der Waals surface area contributed by atoms with Crippen LogP contribution in [0.2, 0.25) is 0 Å². The van der Waals surface area contributed by atoms with Crippen LogP contribution < -0.4 is 5.32 Å². The molecule has 0 radical (unpaired) electrons. The van der Waals surface area contributed by atoms with E-state index in [-0.39, 0.29) is 17.9 Å². The minimum Gasteiger partial charge on any atom is -0.593 e. The molecule has 2 aliphatic rings. The molecule has 3 nitrogen and oxygen atoms in total. The highest BCUT2D eigenvalue weighted by Gasteiger charge is 2.45. The zero-order chi connectivity index (χ0) is 11.8. The maximum Gasteiger partial charge on any atom is 0.209 e. The Labute approximate surface area is 103 Å². The first-order valence-electron chi connectivity index (χ1n) is 5.93. The molecular formula is C12H15FN2OS. The molecule has 2 heterocycles. The fraction of sp³-hybridized carbons (Fsp3) is 0.500. The number of nitrogens with one attached hydrogen (secondary N) is 1. The summed E-state index contributed by atoms with van der Waals surface area (Å²) in [6.07, 6.45) is 2.11. The van der Waals surface area contributed by atoms with Crippen LogP contribution in [0, 0.1) is 5.82 Å². The van der Waals surface area contributed by atoms with Gasteiger partial charge in [-0.2, -0.15) is 0 Å². The molecule has 2 bridgehead atoms. The summed E-state index contributed by atoms with van der Waals surface area (Å²) in [7, 11) is 0. The first-order valence-corrected chi connectivity index (χ1v) is 7.03. The van der Waals surface area contributed by atoms with Gasteiger partial charge >= 0.3 is 0 Å². The van der Waals surface area contributed by atoms with Crippen LogP contribution in [0.1, 0.15) is 12.8 Å². The van der Waals surface area contributed by atoms with E-state index in [1.165, 1.54) is 6.07 Å². The lowest BCUT2D eigenvalue weighted by atomic mass is 10.2. The summed E-state index contributed by atoms with van der Waals surface area (Å²) in [6.45, 7) is 1.72. The molecule has 92 valence electrons. The molecule has 2 fully saturated rings. The van der Waals surface area contributed by atoms with Gasteiger partial charge in [0.1, 0.15) is 0 Å². The van der Waals surface area contributed by atoms with Crippen LogP contribution in [0.5, 0.6) is 0 Å². The van der Waals surface area contributed by atoms with Gasteiger partial charge in [-0.3, -0.25) is 0 Å². The molecule has 3 rings (SSSR count). The normalized spacial score (nSPS) is 30.5. The number of rotatable bonds is 2. The van der Waals surface area contributed by atoms with Gasteiger partial charge in [-0.1, -0.05) is 12.1 Å². The summed E-state index contributed by atoms with van der Waals surface area (Å²) in [6, 6.07) is 6.93. The Kier molecular flexibility index (Phi) is 3.08. The van der Waals surface area contributed by atoms with Crippen LogP contribution in [-0.2, 0) is 11.4 Å². The SMILES string of the molecule is [O-][S+](c1ccccc1F)N1C2CCC1CNC2. The maximum absolute atomic E-state index is 13.6. The van der Waals surface area contributed by atoms with Crippen molar-refractivity contribution in [2.24, 2.45) is 0 Å². The van der Waals surface area contributed by atoms with Gasteiger partial charge in [0.15, 0.2) is 5.82 Å². The monoisotopic (exact) mass is 254 g/mol. The van der Waals surface area contributed by atoms with Crippen molar-refractivity contribution < 1.29 is 8.94 Å². The molecule has 3 unspecified atom stereocenters. The molecule has 2 saturated heterocycles. The second-order valence-electron chi connectivity index (χ2n) is 4.58. The number of halogens is 1. The number of hydrogen-bond donors (Lipinski definition) is 1. The van der Waals surface area contributed by atoms with Crippen LogP contribution in [0.15, 0.2) is 29.2 Å². The zero-order valence-corrected chi connectivity index (χ0v) is 10.3. The second kappa shape index (κ2) is 4.57. The highest BCUT2D eigenvalue weighted by molar-refractivity contribution is 7.89. The average Bonchev–Trinajstić information content (AvgIpc) is 2.59. The molecular weight excluding hydrogens is 239 g/mol. The number of benzene rings is 1. The largest absolute Gasteiger partial charge is 0.593 e. The predicted molar refractivity (Wildman–Crippen MR) is 64.3 cm³/mol. The molecule has 0 spiro atoms. The molecule has 0 amide bonds. The van der Waals surface area contributed by atoms with Crippen molar-refractivity contribution in [3.05, 3.63) is 30.1 Å². The minimum absolute atomic E-state index is 0.286. The molecule has 0 aromatic heterocycles. The Balaban J connectivity index is 1.87. The van der Waals surface area contributed by atoms with Gasteiger partial charge < -0.3 is 9.87 Å². The maximum atomic E-state index is 13.6. The Morgan fingerprint density at radius 2 is 1.88 bits per heavy atom. The smallest absolute Gasteiger partial charge is 0.209 e. The minimum atomic E-state index is -1.36. The van der Waals surface area contributed by atoms with Gasteiger partial charge in [0, 0.05) is 13.1 Å². The highest BCUT2D eigenvalue weighted by Crippen LogP contribution is 2.33.